The number of nitrogens with zero attached hydrogens (tertiary/aromatic N) is 1. The maximum atomic E-state index is 12.5. The Hall–Kier alpha value is -1.70. The fraction of sp³-hybridized carbons (Fsp3) is 0.667. The smallest absolute Gasteiger partial charge is 0.414 e. The van der Waals surface area contributed by atoms with Crippen molar-refractivity contribution in [1.29, 1.82) is 0 Å². The van der Waals surface area contributed by atoms with E-state index < -0.39 is 18.2 Å². The maximum Gasteiger partial charge on any atom is 0.414 e. The SMILES string of the molecule is Cc1ccc(C(C)NC(=O)N2CCC(C(O)C(F)(F)F)CC2)o1. The molecule has 8 heteroatoms. The lowest BCUT2D eigenvalue weighted by Crippen LogP contribution is -2.48. The quantitative estimate of drug-likeness (QED) is 0.893. The van der Waals surface area contributed by atoms with Gasteiger partial charge in [0.2, 0.25) is 0 Å². The molecule has 2 heterocycles. The number of aliphatic hydroxyl groups excluding tert-OH is 1. The number of piperidine rings is 1. The van der Waals surface area contributed by atoms with Crippen molar-refractivity contribution in [3.8, 4) is 0 Å². The third-order valence-electron chi connectivity index (χ3n) is 4.14. The zero-order valence-corrected chi connectivity index (χ0v) is 13.1. The second kappa shape index (κ2) is 6.82. The lowest BCUT2D eigenvalue weighted by Gasteiger charge is -2.35. The summed E-state index contributed by atoms with van der Waals surface area (Å²) in [5, 5.41) is 12.0. The fourth-order valence-corrected chi connectivity index (χ4v) is 2.72. The van der Waals surface area contributed by atoms with Crippen molar-refractivity contribution in [3.05, 3.63) is 23.7 Å². The van der Waals surface area contributed by atoms with Crippen molar-refractivity contribution in [2.45, 2.75) is 45.0 Å². The van der Waals surface area contributed by atoms with Crippen LogP contribution in [0.25, 0.3) is 0 Å². The van der Waals surface area contributed by atoms with Gasteiger partial charge in [-0.05, 0) is 44.7 Å². The van der Waals surface area contributed by atoms with Crippen LogP contribution in [0.3, 0.4) is 0 Å². The average Bonchev–Trinajstić information content (AvgIpc) is 2.92. The van der Waals surface area contributed by atoms with E-state index in [9.17, 15) is 23.1 Å². The summed E-state index contributed by atoms with van der Waals surface area (Å²) in [5.74, 6) is 0.505. The van der Waals surface area contributed by atoms with Crippen LogP contribution in [0, 0.1) is 12.8 Å². The van der Waals surface area contributed by atoms with Crippen LogP contribution < -0.4 is 5.32 Å². The molecule has 2 atom stereocenters. The zero-order chi connectivity index (χ0) is 17.2. The Morgan fingerprint density at radius 3 is 2.48 bits per heavy atom. The number of hydrogen-bond donors (Lipinski definition) is 2. The van der Waals surface area contributed by atoms with Gasteiger partial charge in [0, 0.05) is 13.1 Å². The third kappa shape index (κ3) is 4.40. The maximum absolute atomic E-state index is 12.5. The molecule has 23 heavy (non-hydrogen) atoms. The molecule has 2 unspecified atom stereocenters. The summed E-state index contributed by atoms with van der Waals surface area (Å²) in [4.78, 5) is 13.6. The molecular weight excluding hydrogens is 313 g/mol. The molecule has 0 saturated carbocycles. The van der Waals surface area contributed by atoms with Gasteiger partial charge in [-0.3, -0.25) is 0 Å². The molecule has 1 aromatic heterocycles. The molecule has 1 aliphatic rings. The van der Waals surface area contributed by atoms with Crippen LogP contribution in [0.5, 0.6) is 0 Å². The molecule has 1 saturated heterocycles. The lowest BCUT2D eigenvalue weighted by molar-refractivity contribution is -0.222. The van der Waals surface area contributed by atoms with Gasteiger partial charge in [-0.1, -0.05) is 0 Å². The van der Waals surface area contributed by atoms with Crippen LogP contribution in [-0.2, 0) is 0 Å². The van der Waals surface area contributed by atoms with Gasteiger partial charge in [0.05, 0.1) is 6.04 Å². The Bertz CT molecular complexity index is 536. The minimum absolute atomic E-state index is 0.127. The highest BCUT2D eigenvalue weighted by Gasteiger charge is 2.44. The van der Waals surface area contributed by atoms with Crippen LogP contribution >= 0.6 is 0 Å². The molecule has 2 rings (SSSR count). The zero-order valence-electron chi connectivity index (χ0n) is 13.1. The highest BCUT2D eigenvalue weighted by atomic mass is 19.4. The van der Waals surface area contributed by atoms with E-state index in [-0.39, 0.29) is 38.0 Å². The molecular formula is C15H21F3N2O3. The molecule has 0 aliphatic carbocycles. The molecule has 0 spiro atoms. The van der Waals surface area contributed by atoms with Gasteiger partial charge in [-0.2, -0.15) is 13.2 Å². The highest BCUT2D eigenvalue weighted by molar-refractivity contribution is 5.74. The van der Waals surface area contributed by atoms with E-state index in [2.05, 4.69) is 5.32 Å². The Morgan fingerprint density at radius 2 is 2.00 bits per heavy atom. The van der Waals surface area contributed by atoms with Gasteiger partial charge < -0.3 is 19.7 Å². The van der Waals surface area contributed by atoms with Crippen LogP contribution in [0.2, 0.25) is 0 Å². The Balaban J connectivity index is 1.84. The minimum atomic E-state index is -4.61. The number of carbonyl (C=O) groups is 1. The molecule has 1 aliphatic heterocycles. The summed E-state index contributed by atoms with van der Waals surface area (Å²) in [6.45, 7) is 3.95. The normalized spacial score (nSPS) is 19.5. The highest BCUT2D eigenvalue weighted by Crippen LogP contribution is 2.31. The van der Waals surface area contributed by atoms with E-state index in [1.807, 2.05) is 0 Å². The Kier molecular flexibility index (Phi) is 5.23. The predicted octanol–water partition coefficient (Wildman–Crippen LogP) is 2.99. The van der Waals surface area contributed by atoms with E-state index >= 15 is 0 Å². The minimum Gasteiger partial charge on any atom is -0.464 e. The van der Waals surface area contributed by atoms with Crippen molar-refractivity contribution in [2.24, 2.45) is 5.92 Å². The number of amides is 2. The van der Waals surface area contributed by atoms with E-state index in [1.54, 1.807) is 26.0 Å². The number of hydrogen-bond acceptors (Lipinski definition) is 3. The number of carbonyl (C=O) groups excluding carboxylic acids is 1. The number of rotatable bonds is 3. The van der Waals surface area contributed by atoms with Gasteiger partial charge in [-0.15, -0.1) is 0 Å². The predicted molar refractivity (Wildman–Crippen MR) is 76.8 cm³/mol. The van der Waals surface area contributed by atoms with Gasteiger partial charge in [0.15, 0.2) is 6.10 Å². The summed E-state index contributed by atoms with van der Waals surface area (Å²) >= 11 is 0. The molecule has 2 N–H and O–H groups in total. The Labute approximate surface area is 132 Å². The topological polar surface area (TPSA) is 65.7 Å². The second-order valence-electron chi connectivity index (χ2n) is 5.93. The number of furan rings is 1. The molecule has 1 fully saturated rings. The van der Waals surface area contributed by atoms with Crippen LogP contribution in [-0.4, -0.2) is 41.4 Å². The summed E-state index contributed by atoms with van der Waals surface area (Å²) in [5.41, 5.74) is 0. The largest absolute Gasteiger partial charge is 0.464 e. The molecule has 1 aromatic rings. The van der Waals surface area contributed by atoms with Crippen LogP contribution in [0.1, 0.15) is 37.3 Å². The first-order valence-electron chi connectivity index (χ1n) is 7.55. The number of halogens is 3. The molecule has 0 aromatic carbocycles. The average molecular weight is 334 g/mol. The van der Waals surface area contributed by atoms with E-state index in [0.717, 1.165) is 5.76 Å². The monoisotopic (exact) mass is 334 g/mol. The number of alkyl halides is 3. The molecule has 0 bridgehead atoms. The van der Waals surface area contributed by atoms with Gasteiger partial charge in [0.1, 0.15) is 11.5 Å². The summed E-state index contributed by atoms with van der Waals surface area (Å²) < 4.78 is 42.9. The summed E-state index contributed by atoms with van der Waals surface area (Å²) in [6.07, 6.45) is -6.68. The van der Waals surface area contributed by atoms with E-state index in [1.165, 1.54) is 4.90 Å². The number of aliphatic hydroxyl groups is 1. The van der Waals surface area contributed by atoms with Crippen LogP contribution in [0.15, 0.2) is 16.5 Å². The summed E-state index contributed by atoms with van der Waals surface area (Å²) in [7, 11) is 0. The van der Waals surface area contributed by atoms with Crippen molar-refractivity contribution >= 4 is 6.03 Å². The lowest BCUT2D eigenvalue weighted by atomic mass is 9.91. The Morgan fingerprint density at radius 1 is 1.39 bits per heavy atom. The first kappa shape index (κ1) is 17.7. The molecule has 5 nitrogen and oxygen atoms in total. The van der Waals surface area contributed by atoms with E-state index in [0.29, 0.717) is 5.76 Å². The molecule has 2 amide bonds. The van der Waals surface area contributed by atoms with Gasteiger partial charge >= 0.3 is 12.2 Å². The summed E-state index contributed by atoms with van der Waals surface area (Å²) in [6, 6.07) is 2.90. The van der Waals surface area contributed by atoms with Crippen molar-refractivity contribution < 1.29 is 27.5 Å². The number of likely N-dealkylation sites (tertiary alicyclic amines) is 1. The third-order valence-corrected chi connectivity index (χ3v) is 4.14. The van der Waals surface area contributed by atoms with E-state index in [4.69, 9.17) is 4.42 Å². The van der Waals surface area contributed by atoms with Crippen molar-refractivity contribution in [3.63, 3.8) is 0 Å². The van der Waals surface area contributed by atoms with Gasteiger partial charge in [-0.25, -0.2) is 4.79 Å². The van der Waals surface area contributed by atoms with Crippen molar-refractivity contribution in [2.75, 3.05) is 13.1 Å². The number of aryl methyl sites for hydroxylation is 1. The number of nitrogens with one attached hydrogen (secondary N) is 1. The molecule has 0 radical (unpaired) electrons. The van der Waals surface area contributed by atoms with Crippen LogP contribution in [0.4, 0.5) is 18.0 Å². The van der Waals surface area contributed by atoms with Crippen molar-refractivity contribution in [1.82, 2.24) is 10.2 Å². The fourth-order valence-electron chi connectivity index (χ4n) is 2.72. The first-order chi connectivity index (χ1) is 10.7. The first-order valence-corrected chi connectivity index (χ1v) is 7.55. The second-order valence-corrected chi connectivity index (χ2v) is 5.93. The van der Waals surface area contributed by atoms with Gasteiger partial charge in [0.25, 0.3) is 0 Å². The number of urea groups is 1. The standard InChI is InChI=1S/C15H21F3N2O3/c1-9-3-4-12(23-9)10(2)19-14(22)20-7-5-11(6-8-20)13(21)15(16,17)18/h3-4,10-11,13,21H,5-8H2,1-2H3,(H,19,22). The molecule has 130 valence electrons.